The molecule has 1 fully saturated rings. The van der Waals surface area contributed by atoms with Crippen LogP contribution in [-0.2, 0) is 4.74 Å². The van der Waals surface area contributed by atoms with Gasteiger partial charge >= 0.3 is 6.18 Å². The largest absolute Gasteiger partial charge is 0.419 e. The van der Waals surface area contributed by atoms with E-state index in [0.29, 0.717) is 12.8 Å². The lowest BCUT2D eigenvalue weighted by Gasteiger charge is -2.31. The summed E-state index contributed by atoms with van der Waals surface area (Å²) in [6, 6.07) is 0.128. The fourth-order valence-electron chi connectivity index (χ4n) is 1.62. The minimum Gasteiger partial charge on any atom is -0.379 e. The van der Waals surface area contributed by atoms with Crippen LogP contribution < -0.4 is 5.73 Å². The van der Waals surface area contributed by atoms with Gasteiger partial charge in [0.2, 0.25) is 0 Å². The van der Waals surface area contributed by atoms with Crippen LogP contribution in [0.1, 0.15) is 32.6 Å². The maximum absolute atomic E-state index is 12.3. The first-order valence-electron chi connectivity index (χ1n) is 5.38. The van der Waals surface area contributed by atoms with Crippen LogP contribution in [0.15, 0.2) is 0 Å². The number of nitrogens with two attached hydrogens (primary N) is 1. The molecule has 6 heteroatoms. The molecule has 1 aliphatic rings. The first kappa shape index (κ1) is 13.7. The van der Waals surface area contributed by atoms with Crippen LogP contribution in [0.3, 0.4) is 0 Å². The van der Waals surface area contributed by atoms with Gasteiger partial charge in [0.1, 0.15) is 0 Å². The van der Waals surface area contributed by atoms with Gasteiger partial charge in [0, 0.05) is 6.04 Å². The average Bonchev–Trinajstić information content (AvgIpc) is 2.15. The highest BCUT2D eigenvalue weighted by atomic mass is 19.4. The van der Waals surface area contributed by atoms with Crippen molar-refractivity contribution in [2.24, 2.45) is 5.73 Å². The number of rotatable bonds is 3. The predicted octanol–water partition coefficient (Wildman–Crippen LogP) is 1.59. The van der Waals surface area contributed by atoms with Gasteiger partial charge in [0.05, 0.1) is 12.7 Å². The van der Waals surface area contributed by atoms with E-state index < -0.39 is 18.4 Å². The zero-order valence-corrected chi connectivity index (χ0v) is 9.26. The zero-order chi connectivity index (χ0) is 12.4. The molecular formula is C10H18F3NO2. The number of aliphatic hydroxyl groups is 1. The van der Waals surface area contributed by atoms with E-state index in [1.165, 1.54) is 0 Å². The molecule has 1 saturated carbocycles. The van der Waals surface area contributed by atoms with E-state index >= 15 is 0 Å². The molecule has 0 spiro atoms. The predicted molar refractivity (Wildman–Crippen MR) is 52.9 cm³/mol. The molecule has 1 rings (SSSR count). The van der Waals surface area contributed by atoms with Crippen molar-refractivity contribution in [2.45, 2.75) is 56.5 Å². The summed E-state index contributed by atoms with van der Waals surface area (Å²) in [6.45, 7) is 0.0119. The van der Waals surface area contributed by atoms with Crippen molar-refractivity contribution < 1.29 is 23.0 Å². The second-order valence-corrected chi connectivity index (χ2v) is 4.62. The standard InChI is InChI=1S/C10H18F3NO2/c1-9(15,10(11,12)13)6-16-8-4-2-7(14)3-5-8/h7-8,15H,2-6,14H2,1H3. The molecule has 0 aliphatic heterocycles. The minimum absolute atomic E-state index is 0.128. The molecule has 16 heavy (non-hydrogen) atoms. The molecule has 3 nitrogen and oxygen atoms in total. The minimum atomic E-state index is -4.65. The topological polar surface area (TPSA) is 55.5 Å². The molecule has 3 N–H and O–H groups in total. The molecule has 0 aromatic rings. The number of alkyl halides is 3. The lowest BCUT2D eigenvalue weighted by atomic mass is 9.93. The Morgan fingerprint density at radius 2 is 1.75 bits per heavy atom. The summed E-state index contributed by atoms with van der Waals surface area (Å²) in [5.74, 6) is 0. The Morgan fingerprint density at radius 1 is 1.25 bits per heavy atom. The van der Waals surface area contributed by atoms with E-state index in [4.69, 9.17) is 15.6 Å². The van der Waals surface area contributed by atoms with E-state index in [1.54, 1.807) is 0 Å². The van der Waals surface area contributed by atoms with Gasteiger partial charge in [-0.3, -0.25) is 0 Å². The molecule has 1 unspecified atom stereocenters. The van der Waals surface area contributed by atoms with E-state index in [9.17, 15) is 13.2 Å². The third kappa shape index (κ3) is 3.61. The highest BCUT2D eigenvalue weighted by Gasteiger charge is 2.50. The second-order valence-electron chi connectivity index (χ2n) is 4.62. The van der Waals surface area contributed by atoms with Crippen molar-refractivity contribution >= 4 is 0 Å². The summed E-state index contributed by atoms with van der Waals surface area (Å²) >= 11 is 0. The smallest absolute Gasteiger partial charge is 0.379 e. The van der Waals surface area contributed by atoms with Gasteiger partial charge in [0.25, 0.3) is 0 Å². The molecule has 1 aliphatic carbocycles. The van der Waals surface area contributed by atoms with Gasteiger partial charge in [-0.1, -0.05) is 0 Å². The molecule has 96 valence electrons. The Hall–Kier alpha value is -0.330. The molecule has 0 aromatic carbocycles. The van der Waals surface area contributed by atoms with Crippen LogP contribution in [0.2, 0.25) is 0 Å². The van der Waals surface area contributed by atoms with Crippen molar-refractivity contribution in [1.29, 1.82) is 0 Å². The Labute approximate surface area is 92.8 Å². The molecule has 0 heterocycles. The van der Waals surface area contributed by atoms with Crippen LogP contribution in [0.4, 0.5) is 13.2 Å². The quantitative estimate of drug-likeness (QED) is 0.788. The molecular weight excluding hydrogens is 223 g/mol. The number of halogens is 3. The van der Waals surface area contributed by atoms with Crippen LogP contribution in [0.25, 0.3) is 0 Å². The second kappa shape index (κ2) is 4.89. The molecule has 0 bridgehead atoms. The monoisotopic (exact) mass is 241 g/mol. The van der Waals surface area contributed by atoms with Crippen LogP contribution >= 0.6 is 0 Å². The third-order valence-electron chi connectivity index (χ3n) is 2.93. The summed E-state index contributed by atoms with van der Waals surface area (Å²) in [6.07, 6.45) is -2.02. The third-order valence-corrected chi connectivity index (χ3v) is 2.93. The van der Waals surface area contributed by atoms with Crippen molar-refractivity contribution in [3.05, 3.63) is 0 Å². The SMILES string of the molecule is CC(O)(COC1CCC(N)CC1)C(F)(F)F. The van der Waals surface area contributed by atoms with Gasteiger partial charge in [0.15, 0.2) is 5.60 Å². The fraction of sp³-hybridized carbons (Fsp3) is 1.00. The van der Waals surface area contributed by atoms with Crippen LogP contribution in [-0.4, -0.2) is 35.6 Å². The average molecular weight is 241 g/mol. The van der Waals surface area contributed by atoms with Crippen LogP contribution in [0.5, 0.6) is 0 Å². The van der Waals surface area contributed by atoms with Gasteiger partial charge < -0.3 is 15.6 Å². The summed E-state index contributed by atoms with van der Waals surface area (Å²) in [7, 11) is 0. The van der Waals surface area contributed by atoms with Crippen molar-refractivity contribution in [1.82, 2.24) is 0 Å². The van der Waals surface area contributed by atoms with Gasteiger partial charge in [-0.15, -0.1) is 0 Å². The summed E-state index contributed by atoms with van der Waals surface area (Å²) in [4.78, 5) is 0. The Morgan fingerprint density at radius 3 is 2.19 bits per heavy atom. The fourth-order valence-corrected chi connectivity index (χ4v) is 1.62. The Kier molecular flexibility index (Phi) is 4.20. The van der Waals surface area contributed by atoms with Crippen LogP contribution in [0, 0.1) is 0 Å². The normalized spacial score (nSPS) is 31.1. The van der Waals surface area contributed by atoms with E-state index in [-0.39, 0.29) is 12.1 Å². The number of hydrogen-bond acceptors (Lipinski definition) is 3. The Balaban J connectivity index is 2.34. The maximum Gasteiger partial charge on any atom is 0.419 e. The van der Waals surface area contributed by atoms with Crippen molar-refractivity contribution in [2.75, 3.05) is 6.61 Å². The van der Waals surface area contributed by atoms with E-state index in [2.05, 4.69) is 0 Å². The maximum atomic E-state index is 12.3. The van der Waals surface area contributed by atoms with Gasteiger partial charge in [-0.2, -0.15) is 13.2 Å². The van der Waals surface area contributed by atoms with E-state index in [0.717, 1.165) is 19.8 Å². The van der Waals surface area contributed by atoms with Gasteiger partial charge in [-0.05, 0) is 32.6 Å². The summed E-state index contributed by atoms with van der Waals surface area (Å²) < 4.78 is 42.0. The number of hydrogen-bond donors (Lipinski definition) is 2. The molecule has 0 radical (unpaired) electrons. The molecule has 0 saturated heterocycles. The van der Waals surface area contributed by atoms with Gasteiger partial charge in [-0.25, -0.2) is 0 Å². The lowest BCUT2D eigenvalue weighted by Crippen LogP contribution is -2.47. The first-order valence-corrected chi connectivity index (χ1v) is 5.38. The molecule has 0 aromatic heterocycles. The number of ether oxygens (including phenoxy) is 1. The molecule has 0 amide bonds. The van der Waals surface area contributed by atoms with Crippen molar-refractivity contribution in [3.8, 4) is 0 Å². The summed E-state index contributed by atoms with van der Waals surface area (Å²) in [5, 5.41) is 9.16. The summed E-state index contributed by atoms with van der Waals surface area (Å²) in [5.41, 5.74) is 2.89. The molecule has 1 atom stereocenters. The highest BCUT2D eigenvalue weighted by molar-refractivity contribution is 4.82. The van der Waals surface area contributed by atoms with Crippen molar-refractivity contribution in [3.63, 3.8) is 0 Å². The Bertz CT molecular complexity index is 223. The highest BCUT2D eigenvalue weighted by Crippen LogP contribution is 2.31. The zero-order valence-electron chi connectivity index (χ0n) is 9.26. The first-order chi connectivity index (χ1) is 7.22. The lowest BCUT2D eigenvalue weighted by molar-refractivity contribution is -0.271. The van der Waals surface area contributed by atoms with E-state index in [1.807, 2.05) is 0 Å².